The molecular formula is C22H22N2O. The molecule has 25 heavy (non-hydrogen) atoms. The molecule has 3 aromatic rings. The number of aryl methyl sites for hydroxylation is 1. The molecule has 1 aromatic heterocycles. The number of hydrogen-bond donors (Lipinski definition) is 1. The zero-order valence-electron chi connectivity index (χ0n) is 14.4. The van der Waals surface area contributed by atoms with E-state index in [1.54, 1.807) is 12.4 Å². The van der Waals surface area contributed by atoms with Crippen molar-refractivity contribution in [1.82, 2.24) is 4.98 Å². The van der Waals surface area contributed by atoms with Crippen LogP contribution in [0.5, 0.6) is 0 Å². The van der Waals surface area contributed by atoms with Crippen molar-refractivity contribution in [1.29, 1.82) is 0 Å². The summed E-state index contributed by atoms with van der Waals surface area (Å²) in [7, 11) is 0. The van der Waals surface area contributed by atoms with Gasteiger partial charge in [0.1, 0.15) is 0 Å². The van der Waals surface area contributed by atoms with E-state index in [0.717, 1.165) is 17.7 Å². The van der Waals surface area contributed by atoms with Gasteiger partial charge in [-0.2, -0.15) is 0 Å². The van der Waals surface area contributed by atoms with Crippen LogP contribution in [0.4, 0.5) is 5.69 Å². The van der Waals surface area contributed by atoms with Gasteiger partial charge in [0, 0.05) is 18.5 Å². The lowest BCUT2D eigenvalue weighted by atomic mass is 9.87. The maximum Gasteiger partial charge on any atom is 0.224 e. The van der Waals surface area contributed by atoms with Crippen LogP contribution in [0.2, 0.25) is 0 Å². The summed E-state index contributed by atoms with van der Waals surface area (Å²) in [4.78, 5) is 16.5. The Morgan fingerprint density at radius 2 is 1.56 bits per heavy atom. The zero-order chi connectivity index (χ0) is 17.5. The van der Waals surface area contributed by atoms with E-state index in [-0.39, 0.29) is 11.8 Å². The molecule has 0 saturated carbocycles. The number of carbonyl (C=O) groups excluding carboxylic acids is 1. The Hall–Kier alpha value is -2.94. The van der Waals surface area contributed by atoms with E-state index in [4.69, 9.17) is 0 Å². The number of nitrogens with zero attached hydrogens (tertiary/aromatic N) is 1. The van der Waals surface area contributed by atoms with Crippen LogP contribution < -0.4 is 5.32 Å². The summed E-state index contributed by atoms with van der Waals surface area (Å²) < 4.78 is 0. The van der Waals surface area contributed by atoms with Gasteiger partial charge in [0.25, 0.3) is 0 Å². The van der Waals surface area contributed by atoms with Crippen LogP contribution in [-0.2, 0) is 4.79 Å². The molecule has 0 spiro atoms. The predicted molar refractivity (Wildman–Crippen MR) is 102 cm³/mol. The quantitative estimate of drug-likeness (QED) is 0.695. The van der Waals surface area contributed by atoms with Crippen LogP contribution in [0, 0.1) is 6.92 Å². The molecule has 1 N–H and O–H groups in total. The Labute approximate surface area is 148 Å². The highest BCUT2D eigenvalue weighted by Crippen LogP contribution is 2.29. The fourth-order valence-electron chi connectivity index (χ4n) is 3.02. The van der Waals surface area contributed by atoms with Crippen LogP contribution in [-0.4, -0.2) is 10.9 Å². The van der Waals surface area contributed by atoms with E-state index in [1.807, 2.05) is 49.4 Å². The summed E-state index contributed by atoms with van der Waals surface area (Å²) in [5, 5.41) is 2.94. The number of nitrogens with one attached hydrogen (secondary N) is 1. The van der Waals surface area contributed by atoms with E-state index in [9.17, 15) is 4.79 Å². The Morgan fingerprint density at radius 3 is 2.12 bits per heavy atom. The molecule has 2 aromatic carbocycles. The van der Waals surface area contributed by atoms with Crippen molar-refractivity contribution >= 4 is 11.6 Å². The standard InChI is InChI=1S/C22H22N2O/c1-17-14-20(16-23-15-17)24-22(25)13-12-21(18-8-4-2-5-9-18)19-10-6-3-7-11-19/h2-11,14-16,21H,12-13H2,1H3,(H,24,25). The molecule has 0 bridgehead atoms. The minimum absolute atomic E-state index is 0.0178. The Kier molecular flexibility index (Phi) is 5.57. The van der Waals surface area contributed by atoms with E-state index in [2.05, 4.69) is 34.6 Å². The first kappa shape index (κ1) is 16.9. The van der Waals surface area contributed by atoms with Gasteiger partial charge in [-0.15, -0.1) is 0 Å². The first-order chi connectivity index (χ1) is 12.2. The third-order valence-corrected chi connectivity index (χ3v) is 4.22. The number of carbonyl (C=O) groups is 1. The van der Waals surface area contributed by atoms with Crippen molar-refractivity contribution in [3.63, 3.8) is 0 Å². The summed E-state index contributed by atoms with van der Waals surface area (Å²) in [6.07, 6.45) is 4.68. The molecule has 3 nitrogen and oxygen atoms in total. The van der Waals surface area contributed by atoms with Gasteiger partial charge in [0.15, 0.2) is 0 Å². The average Bonchev–Trinajstić information content (AvgIpc) is 2.64. The van der Waals surface area contributed by atoms with Crippen molar-refractivity contribution in [3.05, 3.63) is 95.8 Å². The lowest BCUT2D eigenvalue weighted by Crippen LogP contribution is -2.13. The molecule has 3 rings (SSSR count). The molecule has 0 unspecified atom stereocenters. The van der Waals surface area contributed by atoms with Crippen LogP contribution in [0.15, 0.2) is 79.1 Å². The highest BCUT2D eigenvalue weighted by Gasteiger charge is 2.15. The highest BCUT2D eigenvalue weighted by molar-refractivity contribution is 5.90. The number of aromatic nitrogens is 1. The molecular weight excluding hydrogens is 308 g/mol. The first-order valence-corrected chi connectivity index (χ1v) is 8.54. The van der Waals surface area contributed by atoms with Crippen molar-refractivity contribution in [2.45, 2.75) is 25.7 Å². The number of hydrogen-bond acceptors (Lipinski definition) is 2. The molecule has 0 saturated heterocycles. The molecule has 3 heteroatoms. The fraction of sp³-hybridized carbons (Fsp3) is 0.182. The second kappa shape index (κ2) is 8.25. The zero-order valence-corrected chi connectivity index (χ0v) is 14.4. The molecule has 0 aliphatic heterocycles. The fourth-order valence-corrected chi connectivity index (χ4v) is 3.02. The summed E-state index contributed by atoms with van der Waals surface area (Å²) in [6, 6.07) is 22.6. The van der Waals surface area contributed by atoms with E-state index in [0.29, 0.717) is 6.42 Å². The highest BCUT2D eigenvalue weighted by atomic mass is 16.1. The molecule has 0 aliphatic rings. The predicted octanol–water partition coefficient (Wildman–Crippen LogP) is 4.94. The molecule has 1 amide bonds. The van der Waals surface area contributed by atoms with Gasteiger partial charge in [-0.3, -0.25) is 9.78 Å². The summed E-state index contributed by atoms with van der Waals surface area (Å²) in [6.45, 7) is 1.96. The molecule has 0 radical (unpaired) electrons. The first-order valence-electron chi connectivity index (χ1n) is 8.54. The second-order valence-corrected chi connectivity index (χ2v) is 6.21. The molecule has 126 valence electrons. The van der Waals surface area contributed by atoms with Gasteiger partial charge >= 0.3 is 0 Å². The van der Waals surface area contributed by atoms with E-state index >= 15 is 0 Å². The smallest absolute Gasteiger partial charge is 0.224 e. The van der Waals surface area contributed by atoms with Crippen molar-refractivity contribution in [2.75, 3.05) is 5.32 Å². The van der Waals surface area contributed by atoms with Crippen molar-refractivity contribution in [2.24, 2.45) is 0 Å². The maximum absolute atomic E-state index is 12.4. The van der Waals surface area contributed by atoms with Crippen LogP contribution in [0.3, 0.4) is 0 Å². The number of anilines is 1. The average molecular weight is 330 g/mol. The molecule has 0 aliphatic carbocycles. The number of rotatable bonds is 6. The monoisotopic (exact) mass is 330 g/mol. The van der Waals surface area contributed by atoms with Crippen LogP contribution >= 0.6 is 0 Å². The van der Waals surface area contributed by atoms with E-state index < -0.39 is 0 Å². The molecule has 0 fully saturated rings. The maximum atomic E-state index is 12.4. The molecule has 0 atom stereocenters. The van der Waals surface area contributed by atoms with Gasteiger partial charge in [0.2, 0.25) is 5.91 Å². The third-order valence-electron chi connectivity index (χ3n) is 4.22. The normalized spacial score (nSPS) is 10.6. The number of pyridine rings is 1. The van der Waals surface area contributed by atoms with Crippen molar-refractivity contribution < 1.29 is 4.79 Å². The molecule has 1 heterocycles. The van der Waals surface area contributed by atoms with Gasteiger partial charge in [-0.25, -0.2) is 0 Å². The third kappa shape index (κ3) is 4.77. The lowest BCUT2D eigenvalue weighted by molar-refractivity contribution is -0.116. The Balaban J connectivity index is 1.70. The van der Waals surface area contributed by atoms with Gasteiger partial charge < -0.3 is 5.32 Å². The van der Waals surface area contributed by atoms with Crippen LogP contribution in [0.1, 0.15) is 35.4 Å². The Morgan fingerprint density at radius 1 is 0.960 bits per heavy atom. The van der Waals surface area contributed by atoms with E-state index in [1.165, 1.54) is 11.1 Å². The second-order valence-electron chi connectivity index (χ2n) is 6.21. The summed E-state index contributed by atoms with van der Waals surface area (Å²) in [5.74, 6) is 0.230. The number of benzene rings is 2. The largest absolute Gasteiger partial charge is 0.325 e. The summed E-state index contributed by atoms with van der Waals surface area (Å²) in [5.41, 5.74) is 4.25. The Bertz CT molecular complexity index is 776. The van der Waals surface area contributed by atoms with Gasteiger partial charge in [-0.1, -0.05) is 60.7 Å². The van der Waals surface area contributed by atoms with Gasteiger partial charge in [-0.05, 0) is 36.1 Å². The minimum Gasteiger partial charge on any atom is -0.325 e. The number of amides is 1. The SMILES string of the molecule is Cc1cncc(NC(=O)CCC(c2ccccc2)c2ccccc2)c1. The lowest BCUT2D eigenvalue weighted by Gasteiger charge is -2.18. The summed E-state index contributed by atoms with van der Waals surface area (Å²) >= 11 is 0. The topological polar surface area (TPSA) is 42.0 Å². The minimum atomic E-state index is 0.0178. The van der Waals surface area contributed by atoms with Crippen molar-refractivity contribution in [3.8, 4) is 0 Å². The van der Waals surface area contributed by atoms with Crippen LogP contribution in [0.25, 0.3) is 0 Å². The van der Waals surface area contributed by atoms with Gasteiger partial charge in [0.05, 0.1) is 11.9 Å².